The topological polar surface area (TPSA) is 160 Å². The summed E-state index contributed by atoms with van der Waals surface area (Å²) >= 11 is 0. The van der Waals surface area contributed by atoms with Gasteiger partial charge in [0.25, 0.3) is 0 Å². The van der Waals surface area contributed by atoms with Gasteiger partial charge in [0.05, 0.1) is 0 Å². The largest absolute Gasteiger partial charge is 0.490 e. The molecule has 3 atom stereocenters. The van der Waals surface area contributed by atoms with E-state index in [9.17, 15) is 24.3 Å². The third-order valence-corrected chi connectivity index (χ3v) is 4.79. The number of hydrogen-bond donors (Lipinski definition) is 5. The summed E-state index contributed by atoms with van der Waals surface area (Å²) in [4.78, 5) is 49.1. The molecular weight excluding hydrogens is 440 g/mol. The van der Waals surface area contributed by atoms with Gasteiger partial charge in [-0.15, -0.1) is 6.58 Å². The Kier molecular flexibility index (Phi) is 12.7. The number of carboxylic acids is 1. The number of benzene rings is 1. The van der Waals surface area contributed by atoms with Gasteiger partial charge in [0.1, 0.15) is 30.5 Å². The van der Waals surface area contributed by atoms with E-state index in [4.69, 9.17) is 10.5 Å². The number of carboxylic acid groups (broad SMARTS) is 1. The van der Waals surface area contributed by atoms with Crippen LogP contribution < -0.4 is 26.4 Å². The normalized spacial score (nSPS) is 13.0. The first-order valence-corrected chi connectivity index (χ1v) is 11.0. The zero-order valence-electron chi connectivity index (χ0n) is 19.4. The molecule has 10 nitrogen and oxygen atoms in total. The number of hydrogen-bond acceptors (Lipinski definition) is 6. The number of nitrogens with two attached hydrogens (primary N) is 1. The highest BCUT2D eigenvalue weighted by Crippen LogP contribution is 2.19. The van der Waals surface area contributed by atoms with Crippen molar-refractivity contribution in [3.8, 4) is 5.75 Å². The van der Waals surface area contributed by atoms with E-state index >= 15 is 0 Å². The molecule has 34 heavy (non-hydrogen) atoms. The predicted molar refractivity (Wildman–Crippen MR) is 128 cm³/mol. The Morgan fingerprint density at radius 2 is 1.65 bits per heavy atom. The molecule has 0 unspecified atom stereocenters. The Balaban J connectivity index is 3.07. The zero-order valence-corrected chi connectivity index (χ0v) is 19.4. The number of ether oxygens (including phenoxy) is 1. The van der Waals surface area contributed by atoms with Gasteiger partial charge in [-0.05, 0) is 49.9 Å². The van der Waals surface area contributed by atoms with Gasteiger partial charge in [-0.2, -0.15) is 0 Å². The molecule has 0 fully saturated rings. The molecule has 1 aromatic carbocycles. The zero-order chi connectivity index (χ0) is 25.5. The molecule has 0 aliphatic heterocycles. The van der Waals surface area contributed by atoms with Crippen LogP contribution in [-0.2, 0) is 19.2 Å². The number of carbonyl (C=O) groups is 4. The van der Waals surface area contributed by atoms with Crippen molar-refractivity contribution in [2.24, 2.45) is 5.73 Å². The molecular formula is C24H34N4O6. The minimum atomic E-state index is -1.21. The maximum Gasteiger partial charge on any atom is 0.326 e. The van der Waals surface area contributed by atoms with Gasteiger partial charge in [0.15, 0.2) is 0 Å². The lowest BCUT2D eigenvalue weighted by atomic mass is 10.0. The van der Waals surface area contributed by atoms with E-state index in [0.29, 0.717) is 37.3 Å². The SMILES string of the molecule is C=CCOc1ccc([C@H](NC(C)=O)C(=O)N[C@H](CCCCN)C(=O)N[C@@H](CC=C)C(=O)O)cc1. The van der Waals surface area contributed by atoms with E-state index in [1.807, 2.05) is 0 Å². The molecule has 6 N–H and O–H groups in total. The van der Waals surface area contributed by atoms with Gasteiger partial charge < -0.3 is 31.5 Å². The average molecular weight is 475 g/mol. The summed E-state index contributed by atoms with van der Waals surface area (Å²) in [5.41, 5.74) is 6.02. The maximum absolute atomic E-state index is 13.1. The third kappa shape index (κ3) is 9.86. The monoisotopic (exact) mass is 474 g/mol. The van der Waals surface area contributed by atoms with Crippen molar-refractivity contribution >= 4 is 23.7 Å². The first kappa shape index (κ1) is 28.4. The minimum Gasteiger partial charge on any atom is -0.490 e. The molecule has 0 aliphatic carbocycles. The van der Waals surface area contributed by atoms with E-state index < -0.39 is 41.8 Å². The van der Waals surface area contributed by atoms with Crippen molar-refractivity contribution in [3.05, 3.63) is 55.1 Å². The third-order valence-electron chi connectivity index (χ3n) is 4.79. The summed E-state index contributed by atoms with van der Waals surface area (Å²) in [6.07, 6.45) is 4.41. The standard InChI is InChI=1S/C24H34N4O6/c1-4-8-20(24(32)33)28-22(30)19(9-6-7-14-25)27-23(31)21(26-16(3)29)17-10-12-18(13-11-17)34-15-5-2/h4-5,10-13,19-21H,1-2,6-9,14-15,25H2,3H3,(H,26,29)(H,27,31)(H,28,30)(H,32,33)/t19-,20+,21+/m1/s1. The van der Waals surface area contributed by atoms with E-state index in [1.165, 1.54) is 13.0 Å². The highest BCUT2D eigenvalue weighted by Gasteiger charge is 2.29. The Morgan fingerprint density at radius 1 is 1.00 bits per heavy atom. The quantitative estimate of drug-likeness (QED) is 0.178. The van der Waals surface area contributed by atoms with Gasteiger partial charge >= 0.3 is 5.97 Å². The number of nitrogens with one attached hydrogen (secondary N) is 3. The fourth-order valence-electron chi connectivity index (χ4n) is 3.09. The predicted octanol–water partition coefficient (Wildman–Crippen LogP) is 1.19. The molecule has 0 radical (unpaired) electrons. The summed E-state index contributed by atoms with van der Waals surface area (Å²) in [6, 6.07) is 3.31. The lowest BCUT2D eigenvalue weighted by Gasteiger charge is -2.24. The van der Waals surface area contributed by atoms with E-state index in [2.05, 4.69) is 29.1 Å². The molecule has 1 aromatic rings. The summed E-state index contributed by atoms with van der Waals surface area (Å²) in [6.45, 7) is 9.08. The van der Waals surface area contributed by atoms with E-state index in [1.54, 1.807) is 30.3 Å². The summed E-state index contributed by atoms with van der Waals surface area (Å²) in [7, 11) is 0. The van der Waals surface area contributed by atoms with Crippen LogP contribution in [0.5, 0.6) is 5.75 Å². The molecule has 186 valence electrons. The van der Waals surface area contributed by atoms with Gasteiger partial charge in [-0.3, -0.25) is 14.4 Å². The highest BCUT2D eigenvalue weighted by molar-refractivity contribution is 5.93. The van der Waals surface area contributed by atoms with Crippen molar-refractivity contribution in [2.45, 2.75) is 50.7 Å². The smallest absolute Gasteiger partial charge is 0.326 e. The minimum absolute atomic E-state index is 0.0271. The van der Waals surface area contributed by atoms with Crippen LogP contribution in [-0.4, -0.2) is 54.0 Å². The Hall–Kier alpha value is -3.66. The second kappa shape index (κ2) is 15.2. The first-order valence-electron chi connectivity index (χ1n) is 11.0. The molecule has 1 rings (SSSR count). The fourth-order valence-corrected chi connectivity index (χ4v) is 3.09. The number of unbranched alkanes of at least 4 members (excludes halogenated alkanes) is 1. The van der Waals surface area contributed by atoms with Crippen molar-refractivity contribution in [1.82, 2.24) is 16.0 Å². The maximum atomic E-state index is 13.1. The number of aliphatic carboxylic acids is 1. The second-order valence-electron chi connectivity index (χ2n) is 7.57. The van der Waals surface area contributed by atoms with Crippen molar-refractivity contribution in [1.29, 1.82) is 0 Å². The molecule has 10 heteroatoms. The average Bonchev–Trinajstić information content (AvgIpc) is 2.80. The molecule has 0 heterocycles. The van der Waals surface area contributed by atoms with E-state index in [-0.39, 0.29) is 12.8 Å². The number of carbonyl (C=O) groups excluding carboxylic acids is 3. The Bertz CT molecular complexity index is 856. The first-order chi connectivity index (χ1) is 16.2. The lowest BCUT2D eigenvalue weighted by molar-refractivity contribution is -0.142. The van der Waals surface area contributed by atoms with Crippen LogP contribution in [0.15, 0.2) is 49.6 Å². The van der Waals surface area contributed by atoms with Crippen LogP contribution in [0.2, 0.25) is 0 Å². The fraction of sp³-hybridized carbons (Fsp3) is 0.417. The Morgan fingerprint density at radius 3 is 2.18 bits per heavy atom. The lowest BCUT2D eigenvalue weighted by Crippen LogP contribution is -2.53. The van der Waals surface area contributed by atoms with Crippen molar-refractivity contribution in [3.63, 3.8) is 0 Å². The van der Waals surface area contributed by atoms with E-state index in [0.717, 1.165) is 0 Å². The molecule has 0 aliphatic rings. The summed E-state index contributed by atoms with van der Waals surface area (Å²) < 4.78 is 5.43. The van der Waals surface area contributed by atoms with Gasteiger partial charge in [-0.1, -0.05) is 30.9 Å². The van der Waals surface area contributed by atoms with Gasteiger partial charge in [0, 0.05) is 6.92 Å². The Labute approximate surface area is 199 Å². The van der Waals surface area contributed by atoms with Crippen LogP contribution >= 0.6 is 0 Å². The molecule has 0 spiro atoms. The molecule has 0 saturated carbocycles. The van der Waals surface area contributed by atoms with Crippen LogP contribution in [0.25, 0.3) is 0 Å². The molecule has 0 saturated heterocycles. The van der Waals surface area contributed by atoms with Crippen LogP contribution in [0.1, 0.15) is 44.2 Å². The van der Waals surface area contributed by atoms with Crippen LogP contribution in [0.3, 0.4) is 0 Å². The van der Waals surface area contributed by atoms with Gasteiger partial charge in [0.2, 0.25) is 17.7 Å². The number of amides is 3. The van der Waals surface area contributed by atoms with Crippen LogP contribution in [0, 0.1) is 0 Å². The molecule has 0 bridgehead atoms. The summed E-state index contributed by atoms with van der Waals surface area (Å²) in [5, 5.41) is 17.0. The second-order valence-corrected chi connectivity index (χ2v) is 7.57. The van der Waals surface area contributed by atoms with Gasteiger partial charge in [-0.25, -0.2) is 4.79 Å². The number of rotatable bonds is 16. The molecule has 0 aromatic heterocycles. The molecule has 3 amide bonds. The highest BCUT2D eigenvalue weighted by atomic mass is 16.5. The summed E-state index contributed by atoms with van der Waals surface area (Å²) in [5.74, 6) is -2.34. The van der Waals surface area contributed by atoms with Crippen LogP contribution in [0.4, 0.5) is 0 Å². The van der Waals surface area contributed by atoms with Crippen molar-refractivity contribution < 1.29 is 29.0 Å². The van der Waals surface area contributed by atoms with Crippen molar-refractivity contribution in [2.75, 3.05) is 13.2 Å².